The van der Waals surface area contributed by atoms with Crippen LogP contribution in [0.2, 0.25) is 0 Å². The number of nitrogens with one attached hydrogen (secondary N) is 2. The number of likely N-dealkylation sites (N-methyl/N-ethyl adjacent to an activating group) is 1. The van der Waals surface area contributed by atoms with Crippen molar-refractivity contribution >= 4 is 40.0 Å². The van der Waals surface area contributed by atoms with E-state index in [0.29, 0.717) is 16.9 Å². The molecule has 6 rings (SSSR count). The molecule has 2 aromatic carbocycles. The molecule has 1 amide bonds. The van der Waals surface area contributed by atoms with E-state index in [9.17, 15) is 4.79 Å². The molecule has 0 aliphatic heterocycles. The highest BCUT2D eigenvalue weighted by atomic mass is 32.1. The first kappa shape index (κ1) is 27.9. The fourth-order valence-electron chi connectivity index (χ4n) is 5.96. The Kier molecular flexibility index (Phi) is 7.70. The molecule has 0 radical (unpaired) electrons. The number of nitrogen functional groups attached to an aromatic ring is 1. The second-order valence-corrected chi connectivity index (χ2v) is 12.2. The number of benzene rings is 2. The van der Waals surface area contributed by atoms with E-state index in [0.717, 1.165) is 72.2 Å². The first-order valence-corrected chi connectivity index (χ1v) is 15.3. The second kappa shape index (κ2) is 11.6. The van der Waals surface area contributed by atoms with Gasteiger partial charge in [0.25, 0.3) is 5.91 Å². The standard InChI is InChI=1S/C33H37N7OS/c1-22-30(40-18-14-25(20-29(40)36-22)35-17-19-39(2)3)28-21-42-32(38-28)33(15-6-7-16-33)24-12-10-23(11-13-24)31(41)37-27-9-5-4-8-26(27)34/h4-5,8-14,18,20-21,35H,6-7,15-17,19,34H2,1-3H3,(H,37,41). The number of hydrogen-bond acceptors (Lipinski definition) is 7. The number of rotatable bonds is 9. The topological polar surface area (TPSA) is 101 Å². The van der Waals surface area contributed by atoms with Gasteiger partial charge in [-0.15, -0.1) is 11.3 Å². The summed E-state index contributed by atoms with van der Waals surface area (Å²) in [5.41, 5.74) is 13.8. The van der Waals surface area contributed by atoms with Crippen LogP contribution >= 0.6 is 11.3 Å². The summed E-state index contributed by atoms with van der Waals surface area (Å²) in [6.45, 7) is 3.89. The molecule has 0 saturated heterocycles. The fraction of sp³-hybridized carbons (Fsp3) is 0.303. The van der Waals surface area contributed by atoms with E-state index >= 15 is 0 Å². The smallest absolute Gasteiger partial charge is 0.255 e. The molecule has 1 aliphatic carbocycles. The number of thiazole rings is 1. The Labute approximate surface area is 250 Å². The van der Waals surface area contributed by atoms with Crippen LogP contribution in [-0.2, 0) is 5.41 Å². The summed E-state index contributed by atoms with van der Waals surface area (Å²) in [5, 5.41) is 9.71. The van der Waals surface area contributed by atoms with Gasteiger partial charge >= 0.3 is 0 Å². The van der Waals surface area contributed by atoms with Crippen LogP contribution in [0.25, 0.3) is 17.0 Å². The molecule has 42 heavy (non-hydrogen) atoms. The van der Waals surface area contributed by atoms with Crippen molar-refractivity contribution in [2.45, 2.75) is 38.0 Å². The Morgan fingerprint density at radius 2 is 1.83 bits per heavy atom. The maximum Gasteiger partial charge on any atom is 0.255 e. The first-order chi connectivity index (χ1) is 20.3. The average molecular weight is 580 g/mol. The number of hydrogen-bond donors (Lipinski definition) is 3. The van der Waals surface area contributed by atoms with Crippen molar-refractivity contribution in [2.24, 2.45) is 0 Å². The molecular weight excluding hydrogens is 542 g/mol. The molecule has 216 valence electrons. The van der Waals surface area contributed by atoms with E-state index in [1.165, 1.54) is 5.56 Å². The summed E-state index contributed by atoms with van der Waals surface area (Å²) in [4.78, 5) is 25.2. The summed E-state index contributed by atoms with van der Waals surface area (Å²) in [5.74, 6) is -0.171. The highest BCUT2D eigenvalue weighted by molar-refractivity contribution is 7.10. The van der Waals surface area contributed by atoms with Crippen molar-refractivity contribution in [3.63, 3.8) is 0 Å². The average Bonchev–Trinajstić information content (AvgIpc) is 3.73. The second-order valence-electron chi connectivity index (χ2n) is 11.4. The Hall–Kier alpha value is -4.21. The summed E-state index contributed by atoms with van der Waals surface area (Å²) >= 11 is 1.72. The normalized spacial score (nSPS) is 14.5. The predicted molar refractivity (Wildman–Crippen MR) is 173 cm³/mol. The molecule has 5 aromatic rings. The number of aryl methyl sites for hydroxylation is 1. The minimum absolute atomic E-state index is 0.153. The molecule has 9 heteroatoms. The lowest BCUT2D eigenvalue weighted by Gasteiger charge is -2.27. The minimum atomic E-state index is -0.171. The van der Waals surface area contributed by atoms with Crippen LogP contribution in [0.1, 0.15) is 52.3 Å². The van der Waals surface area contributed by atoms with E-state index < -0.39 is 0 Å². The van der Waals surface area contributed by atoms with Crippen LogP contribution in [0.4, 0.5) is 17.1 Å². The third-order valence-corrected chi connectivity index (χ3v) is 9.26. The lowest BCUT2D eigenvalue weighted by Crippen LogP contribution is -2.24. The summed E-state index contributed by atoms with van der Waals surface area (Å²) in [6, 6.07) is 19.5. The zero-order chi connectivity index (χ0) is 29.3. The largest absolute Gasteiger partial charge is 0.397 e. The number of imidazole rings is 1. The summed E-state index contributed by atoms with van der Waals surface area (Å²) < 4.78 is 2.14. The van der Waals surface area contributed by atoms with Crippen molar-refractivity contribution in [1.82, 2.24) is 19.3 Å². The van der Waals surface area contributed by atoms with E-state index in [1.54, 1.807) is 17.4 Å². The number of aromatic nitrogens is 3. The number of carbonyl (C=O) groups is 1. The molecule has 3 aromatic heterocycles. The van der Waals surface area contributed by atoms with Crippen LogP contribution in [0.3, 0.4) is 0 Å². The van der Waals surface area contributed by atoms with Crippen molar-refractivity contribution in [3.05, 3.63) is 94.1 Å². The minimum Gasteiger partial charge on any atom is -0.397 e. The quantitative estimate of drug-likeness (QED) is 0.174. The van der Waals surface area contributed by atoms with Gasteiger partial charge in [0.15, 0.2) is 0 Å². The monoisotopic (exact) mass is 579 g/mol. The molecule has 1 saturated carbocycles. The van der Waals surface area contributed by atoms with Crippen LogP contribution < -0.4 is 16.4 Å². The number of para-hydroxylation sites is 2. The number of carbonyl (C=O) groups excluding carboxylic acids is 1. The molecular formula is C33H37N7OS. The van der Waals surface area contributed by atoms with Crippen LogP contribution in [0.5, 0.6) is 0 Å². The van der Waals surface area contributed by atoms with Gasteiger partial charge in [0, 0.05) is 47.4 Å². The van der Waals surface area contributed by atoms with Crippen molar-refractivity contribution in [2.75, 3.05) is 43.6 Å². The fourth-order valence-corrected chi connectivity index (χ4v) is 7.04. The van der Waals surface area contributed by atoms with E-state index in [1.807, 2.05) is 30.3 Å². The number of fused-ring (bicyclic) bond motifs is 1. The van der Waals surface area contributed by atoms with Crippen LogP contribution in [0, 0.1) is 6.92 Å². The highest BCUT2D eigenvalue weighted by Crippen LogP contribution is 2.48. The van der Waals surface area contributed by atoms with Crippen LogP contribution in [-0.4, -0.2) is 52.4 Å². The predicted octanol–water partition coefficient (Wildman–Crippen LogP) is 6.43. The van der Waals surface area contributed by atoms with Gasteiger partial charge in [-0.25, -0.2) is 9.97 Å². The molecule has 1 aliphatic rings. The zero-order valence-corrected chi connectivity index (χ0v) is 25.2. The van der Waals surface area contributed by atoms with Crippen molar-refractivity contribution < 1.29 is 4.79 Å². The van der Waals surface area contributed by atoms with Crippen LogP contribution in [0.15, 0.2) is 72.2 Å². The van der Waals surface area contributed by atoms with E-state index in [2.05, 4.69) is 76.8 Å². The van der Waals surface area contributed by atoms with Gasteiger partial charge < -0.3 is 21.3 Å². The number of amides is 1. The Morgan fingerprint density at radius 3 is 2.57 bits per heavy atom. The van der Waals surface area contributed by atoms with Gasteiger partial charge in [-0.2, -0.15) is 0 Å². The Morgan fingerprint density at radius 1 is 1.07 bits per heavy atom. The Bertz CT molecular complexity index is 1710. The number of pyridine rings is 1. The molecule has 3 heterocycles. The zero-order valence-electron chi connectivity index (χ0n) is 24.4. The van der Waals surface area contributed by atoms with Gasteiger partial charge in [0.05, 0.1) is 22.8 Å². The molecule has 0 unspecified atom stereocenters. The lowest BCUT2D eigenvalue weighted by atomic mass is 9.79. The molecule has 0 spiro atoms. The lowest BCUT2D eigenvalue weighted by molar-refractivity contribution is 0.102. The van der Waals surface area contributed by atoms with Gasteiger partial charge in [0.2, 0.25) is 0 Å². The molecule has 4 N–H and O–H groups in total. The molecule has 0 atom stereocenters. The summed E-state index contributed by atoms with van der Waals surface area (Å²) in [7, 11) is 4.15. The highest BCUT2D eigenvalue weighted by Gasteiger charge is 2.40. The van der Waals surface area contributed by atoms with Gasteiger partial charge in [-0.1, -0.05) is 37.1 Å². The third-order valence-electron chi connectivity index (χ3n) is 8.21. The Balaban J connectivity index is 1.26. The van der Waals surface area contributed by atoms with Gasteiger partial charge in [0.1, 0.15) is 16.3 Å². The van der Waals surface area contributed by atoms with Gasteiger partial charge in [-0.05, 0) is 69.8 Å². The van der Waals surface area contributed by atoms with E-state index in [-0.39, 0.29) is 11.3 Å². The number of nitrogens with zero attached hydrogens (tertiary/aromatic N) is 4. The van der Waals surface area contributed by atoms with Gasteiger partial charge in [-0.3, -0.25) is 9.20 Å². The molecule has 0 bridgehead atoms. The molecule has 8 nitrogen and oxygen atoms in total. The number of anilines is 3. The maximum atomic E-state index is 12.9. The number of nitrogens with two attached hydrogens (primary N) is 1. The van der Waals surface area contributed by atoms with Crippen molar-refractivity contribution in [3.8, 4) is 11.4 Å². The van der Waals surface area contributed by atoms with E-state index in [4.69, 9.17) is 15.7 Å². The van der Waals surface area contributed by atoms with Crippen molar-refractivity contribution in [1.29, 1.82) is 0 Å². The SMILES string of the molecule is Cc1nc2cc(NCCN(C)C)ccn2c1-c1csc(C2(c3ccc(C(=O)Nc4ccccc4N)cc3)CCCC2)n1. The third kappa shape index (κ3) is 5.37. The maximum absolute atomic E-state index is 12.9. The summed E-state index contributed by atoms with van der Waals surface area (Å²) in [6.07, 6.45) is 6.48. The molecule has 1 fully saturated rings. The first-order valence-electron chi connectivity index (χ1n) is 14.4.